The van der Waals surface area contributed by atoms with E-state index in [2.05, 4.69) is 21.7 Å². The van der Waals surface area contributed by atoms with Crippen LogP contribution in [0.1, 0.15) is 6.92 Å². The third kappa shape index (κ3) is 3.17. The molecule has 1 unspecified atom stereocenters. The van der Waals surface area contributed by atoms with E-state index in [0.717, 1.165) is 38.6 Å². The van der Waals surface area contributed by atoms with Crippen LogP contribution in [0.25, 0.3) is 0 Å². The Hall–Kier alpha value is -1.20. The van der Waals surface area contributed by atoms with Crippen LogP contribution in [-0.2, 0) is 4.74 Å². The summed E-state index contributed by atoms with van der Waals surface area (Å²) in [6.07, 6.45) is 0. The number of halogens is 1. The molecule has 5 heteroatoms. The number of hydrogen-bond acceptors (Lipinski definition) is 4. The van der Waals surface area contributed by atoms with Gasteiger partial charge in [-0.05, 0) is 19.1 Å². The lowest BCUT2D eigenvalue weighted by atomic mass is 10.2. The van der Waals surface area contributed by atoms with Crippen LogP contribution < -0.4 is 4.90 Å². The minimum absolute atomic E-state index is 0.338. The normalized spacial score (nSPS) is 21.3. The van der Waals surface area contributed by atoms with E-state index in [1.165, 1.54) is 6.07 Å². The number of pyridine rings is 1. The third-order valence-corrected chi connectivity index (χ3v) is 3.32. The number of piperazine rings is 1. The van der Waals surface area contributed by atoms with Crippen LogP contribution in [0.4, 0.5) is 10.2 Å². The van der Waals surface area contributed by atoms with E-state index in [1.807, 2.05) is 6.07 Å². The maximum Gasteiger partial charge on any atom is 0.214 e. The summed E-state index contributed by atoms with van der Waals surface area (Å²) in [5, 5.41) is 0. The molecule has 0 radical (unpaired) electrons. The Morgan fingerprint density at radius 1 is 1.44 bits per heavy atom. The van der Waals surface area contributed by atoms with Gasteiger partial charge in [0.1, 0.15) is 5.82 Å². The van der Waals surface area contributed by atoms with Crippen molar-refractivity contribution >= 4 is 5.82 Å². The molecular formula is C13H20FN3O. The first-order chi connectivity index (χ1) is 8.70. The largest absolute Gasteiger partial charge is 0.383 e. The first kappa shape index (κ1) is 13.2. The van der Waals surface area contributed by atoms with Gasteiger partial charge in [-0.3, -0.25) is 4.90 Å². The lowest BCUT2D eigenvalue weighted by molar-refractivity contribution is 0.135. The third-order valence-electron chi connectivity index (χ3n) is 3.32. The topological polar surface area (TPSA) is 28.6 Å². The summed E-state index contributed by atoms with van der Waals surface area (Å²) < 4.78 is 18.2. The van der Waals surface area contributed by atoms with E-state index in [-0.39, 0.29) is 0 Å². The van der Waals surface area contributed by atoms with Crippen molar-refractivity contribution in [3.63, 3.8) is 0 Å². The molecule has 1 saturated heterocycles. The molecule has 1 aliphatic rings. The van der Waals surface area contributed by atoms with Crippen molar-refractivity contribution in [2.75, 3.05) is 44.8 Å². The van der Waals surface area contributed by atoms with Crippen molar-refractivity contribution in [2.45, 2.75) is 13.0 Å². The standard InChI is InChI=1S/C13H20FN3O/c1-11-10-16(8-9-18-2)6-7-17(11)13-5-3-4-12(14)15-13/h3-5,11H,6-10H2,1-2H3. The van der Waals surface area contributed by atoms with Crippen LogP contribution in [0.2, 0.25) is 0 Å². The Balaban J connectivity index is 1.97. The molecule has 0 bridgehead atoms. The number of anilines is 1. The molecule has 0 saturated carbocycles. The van der Waals surface area contributed by atoms with Crippen molar-refractivity contribution in [1.82, 2.24) is 9.88 Å². The molecule has 0 amide bonds. The van der Waals surface area contributed by atoms with Crippen molar-refractivity contribution < 1.29 is 9.13 Å². The summed E-state index contributed by atoms with van der Waals surface area (Å²) in [5.41, 5.74) is 0. The van der Waals surface area contributed by atoms with Crippen LogP contribution in [0.5, 0.6) is 0 Å². The van der Waals surface area contributed by atoms with Crippen molar-refractivity contribution in [1.29, 1.82) is 0 Å². The fourth-order valence-electron chi connectivity index (χ4n) is 2.35. The fourth-order valence-corrected chi connectivity index (χ4v) is 2.35. The van der Waals surface area contributed by atoms with Crippen molar-refractivity contribution in [3.8, 4) is 0 Å². The molecule has 100 valence electrons. The molecule has 1 atom stereocenters. The molecule has 1 aromatic heterocycles. The predicted molar refractivity (Wildman–Crippen MR) is 69.3 cm³/mol. The van der Waals surface area contributed by atoms with Crippen LogP contribution in [-0.4, -0.2) is 55.8 Å². The van der Waals surface area contributed by atoms with Gasteiger partial charge in [-0.15, -0.1) is 0 Å². The highest BCUT2D eigenvalue weighted by Crippen LogP contribution is 2.18. The molecule has 4 nitrogen and oxygen atoms in total. The van der Waals surface area contributed by atoms with Gasteiger partial charge in [0, 0.05) is 39.3 Å². The Morgan fingerprint density at radius 3 is 2.94 bits per heavy atom. The number of nitrogens with zero attached hydrogens (tertiary/aromatic N) is 3. The van der Waals surface area contributed by atoms with Gasteiger partial charge in [0.05, 0.1) is 6.61 Å². The molecule has 0 aromatic carbocycles. The number of methoxy groups -OCH3 is 1. The molecule has 1 aliphatic heterocycles. The molecule has 0 aliphatic carbocycles. The van der Waals surface area contributed by atoms with Crippen molar-refractivity contribution in [2.24, 2.45) is 0 Å². The summed E-state index contributed by atoms with van der Waals surface area (Å²) in [7, 11) is 1.72. The molecule has 0 spiro atoms. The van der Waals surface area contributed by atoms with E-state index < -0.39 is 5.95 Å². The summed E-state index contributed by atoms with van der Waals surface area (Å²) in [6.45, 7) is 6.65. The molecular weight excluding hydrogens is 233 g/mol. The Labute approximate surface area is 107 Å². The molecule has 2 rings (SSSR count). The minimum Gasteiger partial charge on any atom is -0.383 e. The van der Waals surface area contributed by atoms with Gasteiger partial charge in [0.15, 0.2) is 0 Å². The highest BCUT2D eigenvalue weighted by Gasteiger charge is 2.24. The van der Waals surface area contributed by atoms with Gasteiger partial charge in [-0.25, -0.2) is 4.98 Å². The van der Waals surface area contributed by atoms with Crippen LogP contribution in [0, 0.1) is 5.95 Å². The second-order valence-electron chi connectivity index (χ2n) is 4.65. The van der Waals surface area contributed by atoms with Crippen LogP contribution in [0.3, 0.4) is 0 Å². The lowest BCUT2D eigenvalue weighted by Gasteiger charge is -2.40. The number of rotatable bonds is 4. The first-order valence-corrected chi connectivity index (χ1v) is 6.31. The summed E-state index contributed by atoms with van der Waals surface area (Å²) in [4.78, 5) is 8.47. The van der Waals surface area contributed by atoms with Gasteiger partial charge in [-0.1, -0.05) is 6.07 Å². The second-order valence-corrected chi connectivity index (χ2v) is 4.65. The van der Waals surface area contributed by atoms with E-state index in [0.29, 0.717) is 6.04 Å². The van der Waals surface area contributed by atoms with E-state index in [4.69, 9.17) is 4.74 Å². The maximum absolute atomic E-state index is 13.1. The average Bonchev–Trinajstić information content (AvgIpc) is 2.36. The van der Waals surface area contributed by atoms with E-state index in [1.54, 1.807) is 13.2 Å². The van der Waals surface area contributed by atoms with Gasteiger partial charge >= 0.3 is 0 Å². The molecule has 1 aromatic rings. The number of ether oxygens (including phenoxy) is 1. The average molecular weight is 253 g/mol. The zero-order valence-electron chi connectivity index (χ0n) is 11.0. The minimum atomic E-state index is -0.415. The van der Waals surface area contributed by atoms with E-state index >= 15 is 0 Å². The second kappa shape index (κ2) is 6.11. The Morgan fingerprint density at radius 2 is 2.28 bits per heavy atom. The zero-order valence-corrected chi connectivity index (χ0v) is 11.0. The highest BCUT2D eigenvalue weighted by atomic mass is 19.1. The first-order valence-electron chi connectivity index (χ1n) is 6.31. The molecule has 1 fully saturated rings. The van der Waals surface area contributed by atoms with Gasteiger partial charge in [0.25, 0.3) is 0 Å². The lowest BCUT2D eigenvalue weighted by Crippen LogP contribution is -2.52. The maximum atomic E-state index is 13.1. The SMILES string of the molecule is COCCN1CCN(c2cccc(F)n2)C(C)C1. The fraction of sp³-hybridized carbons (Fsp3) is 0.615. The molecule has 2 heterocycles. The number of aromatic nitrogens is 1. The van der Waals surface area contributed by atoms with Crippen LogP contribution >= 0.6 is 0 Å². The van der Waals surface area contributed by atoms with Crippen molar-refractivity contribution in [3.05, 3.63) is 24.1 Å². The summed E-state index contributed by atoms with van der Waals surface area (Å²) in [5.74, 6) is 0.315. The molecule has 18 heavy (non-hydrogen) atoms. The summed E-state index contributed by atoms with van der Waals surface area (Å²) >= 11 is 0. The van der Waals surface area contributed by atoms with Crippen LogP contribution in [0.15, 0.2) is 18.2 Å². The highest BCUT2D eigenvalue weighted by molar-refractivity contribution is 5.40. The smallest absolute Gasteiger partial charge is 0.214 e. The zero-order chi connectivity index (χ0) is 13.0. The predicted octanol–water partition coefficient (Wildman–Crippen LogP) is 1.38. The Bertz CT molecular complexity index is 388. The van der Waals surface area contributed by atoms with Gasteiger partial charge in [0.2, 0.25) is 5.95 Å². The number of hydrogen-bond donors (Lipinski definition) is 0. The quantitative estimate of drug-likeness (QED) is 0.758. The van der Waals surface area contributed by atoms with Gasteiger partial charge in [-0.2, -0.15) is 4.39 Å². The Kier molecular flexibility index (Phi) is 4.49. The summed E-state index contributed by atoms with van der Waals surface area (Å²) in [6, 6.07) is 5.29. The van der Waals surface area contributed by atoms with E-state index in [9.17, 15) is 4.39 Å². The molecule has 0 N–H and O–H groups in total. The van der Waals surface area contributed by atoms with Gasteiger partial charge < -0.3 is 9.64 Å². The monoisotopic (exact) mass is 253 g/mol.